The number of methoxy groups -OCH3 is 1. The van der Waals surface area contributed by atoms with E-state index in [1.807, 2.05) is 30.5 Å². The summed E-state index contributed by atoms with van der Waals surface area (Å²) in [6.07, 6.45) is 2.39. The van der Waals surface area contributed by atoms with Crippen LogP contribution in [0.2, 0.25) is 0 Å². The molecule has 0 saturated heterocycles. The Morgan fingerprint density at radius 1 is 1.04 bits per heavy atom. The van der Waals surface area contributed by atoms with E-state index in [0.29, 0.717) is 36.7 Å². The highest BCUT2D eigenvalue weighted by molar-refractivity contribution is 5.83. The van der Waals surface area contributed by atoms with Crippen molar-refractivity contribution in [2.24, 2.45) is 4.99 Å². The number of aliphatic imine (C=N–C) groups is 1. The number of pyridine rings is 1. The molecule has 1 aliphatic heterocycles. The lowest BCUT2D eigenvalue weighted by molar-refractivity contribution is 0.277. The lowest BCUT2D eigenvalue weighted by Crippen LogP contribution is -2.10. The summed E-state index contributed by atoms with van der Waals surface area (Å²) in [6.45, 7) is 0.633. The standard InChI is InChI=1S/C20H22N2O4/c1-25-17-5-2-14(3-6-17)13-26-19-7-4-15(11-23)20(22-19)18-8-9-21-10-16(18)12-24/h2-7,9,23-24H,8,10-13H2,1H3. The Bertz CT molecular complexity index is 813. The van der Waals surface area contributed by atoms with Gasteiger partial charge in [0.05, 0.1) is 32.6 Å². The summed E-state index contributed by atoms with van der Waals surface area (Å²) < 4.78 is 11.0. The first-order valence-corrected chi connectivity index (χ1v) is 8.42. The minimum Gasteiger partial charge on any atom is -0.497 e. The lowest BCUT2D eigenvalue weighted by Gasteiger charge is -2.17. The molecule has 0 bridgehead atoms. The fraction of sp³-hybridized carbons (Fsp3) is 0.300. The summed E-state index contributed by atoms with van der Waals surface area (Å²) in [5.41, 5.74) is 4.09. The van der Waals surface area contributed by atoms with Crippen LogP contribution in [0.5, 0.6) is 11.6 Å². The quantitative estimate of drug-likeness (QED) is 0.797. The normalized spacial score (nSPS) is 13.8. The van der Waals surface area contributed by atoms with Crippen molar-refractivity contribution in [3.8, 4) is 11.6 Å². The maximum atomic E-state index is 9.64. The molecule has 2 aromatic rings. The van der Waals surface area contributed by atoms with Crippen molar-refractivity contribution in [3.63, 3.8) is 0 Å². The SMILES string of the molecule is COc1ccc(COc2ccc(CO)c(C3=C(CO)CN=CC3)n2)cc1. The first-order valence-electron chi connectivity index (χ1n) is 8.42. The van der Waals surface area contributed by atoms with Gasteiger partial charge in [-0.25, -0.2) is 4.98 Å². The van der Waals surface area contributed by atoms with Crippen molar-refractivity contribution >= 4 is 11.8 Å². The van der Waals surface area contributed by atoms with Gasteiger partial charge in [-0.1, -0.05) is 12.1 Å². The molecule has 1 aromatic heterocycles. The van der Waals surface area contributed by atoms with Gasteiger partial charge in [-0.05, 0) is 34.9 Å². The Kier molecular flexibility index (Phi) is 5.99. The molecule has 0 atom stereocenters. The van der Waals surface area contributed by atoms with Crippen molar-refractivity contribution < 1.29 is 19.7 Å². The Morgan fingerprint density at radius 2 is 1.85 bits per heavy atom. The number of allylic oxidation sites excluding steroid dienone is 1. The summed E-state index contributed by atoms with van der Waals surface area (Å²) in [7, 11) is 1.63. The summed E-state index contributed by atoms with van der Waals surface area (Å²) >= 11 is 0. The topological polar surface area (TPSA) is 84.2 Å². The number of hydrogen-bond acceptors (Lipinski definition) is 6. The number of aliphatic hydroxyl groups excluding tert-OH is 2. The summed E-state index contributed by atoms with van der Waals surface area (Å²) in [5, 5.41) is 19.2. The van der Waals surface area contributed by atoms with E-state index in [0.717, 1.165) is 22.5 Å². The maximum absolute atomic E-state index is 9.64. The first-order chi connectivity index (χ1) is 12.7. The summed E-state index contributed by atoms with van der Waals surface area (Å²) in [5.74, 6) is 1.27. The van der Waals surface area contributed by atoms with Crippen molar-refractivity contribution in [2.45, 2.75) is 19.6 Å². The summed E-state index contributed by atoms with van der Waals surface area (Å²) in [6, 6.07) is 11.2. The summed E-state index contributed by atoms with van der Waals surface area (Å²) in [4.78, 5) is 8.78. The third kappa shape index (κ3) is 4.09. The van der Waals surface area contributed by atoms with Gasteiger partial charge in [-0.15, -0.1) is 0 Å². The number of aliphatic hydroxyl groups is 2. The van der Waals surface area contributed by atoms with E-state index < -0.39 is 0 Å². The lowest BCUT2D eigenvalue weighted by atomic mass is 9.97. The van der Waals surface area contributed by atoms with Crippen LogP contribution in [0.25, 0.3) is 5.57 Å². The molecule has 26 heavy (non-hydrogen) atoms. The molecule has 3 rings (SSSR count). The zero-order valence-electron chi connectivity index (χ0n) is 14.7. The van der Waals surface area contributed by atoms with Crippen molar-refractivity contribution in [2.75, 3.05) is 20.3 Å². The van der Waals surface area contributed by atoms with E-state index >= 15 is 0 Å². The largest absolute Gasteiger partial charge is 0.497 e. The Balaban J connectivity index is 1.81. The van der Waals surface area contributed by atoms with Crippen molar-refractivity contribution in [3.05, 3.63) is 58.8 Å². The average molecular weight is 354 g/mol. The van der Waals surface area contributed by atoms with E-state index in [-0.39, 0.29) is 13.2 Å². The highest BCUT2D eigenvalue weighted by Gasteiger charge is 2.17. The molecular weight excluding hydrogens is 332 g/mol. The molecule has 0 amide bonds. The fourth-order valence-electron chi connectivity index (χ4n) is 2.80. The molecule has 0 spiro atoms. The molecule has 1 aromatic carbocycles. The van der Waals surface area contributed by atoms with Gasteiger partial charge in [0.2, 0.25) is 5.88 Å². The smallest absolute Gasteiger partial charge is 0.214 e. The molecule has 0 fully saturated rings. The van der Waals surface area contributed by atoms with Gasteiger partial charge in [0, 0.05) is 24.3 Å². The predicted octanol–water partition coefficient (Wildman–Crippen LogP) is 2.38. The van der Waals surface area contributed by atoms with Crippen LogP contribution >= 0.6 is 0 Å². The zero-order chi connectivity index (χ0) is 18.4. The van der Waals surface area contributed by atoms with Crippen LogP contribution in [-0.2, 0) is 13.2 Å². The molecule has 1 aliphatic rings. The molecular formula is C20H22N2O4. The Morgan fingerprint density at radius 3 is 2.54 bits per heavy atom. The third-order valence-electron chi connectivity index (χ3n) is 4.28. The van der Waals surface area contributed by atoms with E-state index in [1.165, 1.54) is 0 Å². The molecule has 2 heterocycles. The van der Waals surface area contributed by atoms with Crippen LogP contribution in [-0.4, -0.2) is 41.7 Å². The second kappa shape index (κ2) is 8.60. The van der Waals surface area contributed by atoms with Crippen molar-refractivity contribution in [1.29, 1.82) is 0 Å². The fourth-order valence-corrected chi connectivity index (χ4v) is 2.80. The van der Waals surface area contributed by atoms with Crippen LogP contribution in [0.1, 0.15) is 23.2 Å². The van der Waals surface area contributed by atoms with Gasteiger partial charge in [0.25, 0.3) is 0 Å². The van der Waals surface area contributed by atoms with Crippen LogP contribution in [0.3, 0.4) is 0 Å². The van der Waals surface area contributed by atoms with Crippen molar-refractivity contribution in [1.82, 2.24) is 4.98 Å². The zero-order valence-corrected chi connectivity index (χ0v) is 14.7. The van der Waals surface area contributed by atoms with Crippen LogP contribution < -0.4 is 9.47 Å². The van der Waals surface area contributed by atoms with E-state index in [4.69, 9.17) is 9.47 Å². The number of dihydropyridines is 1. The number of rotatable bonds is 7. The van der Waals surface area contributed by atoms with Gasteiger partial charge >= 0.3 is 0 Å². The van der Waals surface area contributed by atoms with Crippen LogP contribution in [0.4, 0.5) is 0 Å². The predicted molar refractivity (Wildman–Crippen MR) is 99.5 cm³/mol. The minimum atomic E-state index is -0.125. The van der Waals surface area contributed by atoms with Crippen LogP contribution in [0.15, 0.2) is 47.0 Å². The molecule has 2 N–H and O–H groups in total. The van der Waals surface area contributed by atoms with Crippen LogP contribution in [0, 0.1) is 0 Å². The first kappa shape index (κ1) is 18.1. The molecule has 6 nitrogen and oxygen atoms in total. The molecule has 0 radical (unpaired) electrons. The second-order valence-corrected chi connectivity index (χ2v) is 5.92. The van der Waals surface area contributed by atoms with E-state index in [2.05, 4.69) is 9.98 Å². The molecule has 0 saturated carbocycles. The van der Waals surface area contributed by atoms with Gasteiger partial charge in [-0.3, -0.25) is 4.99 Å². The highest BCUT2D eigenvalue weighted by atomic mass is 16.5. The number of ether oxygens (including phenoxy) is 2. The monoisotopic (exact) mass is 354 g/mol. The Labute approximate surface area is 152 Å². The third-order valence-corrected chi connectivity index (χ3v) is 4.28. The van der Waals surface area contributed by atoms with E-state index in [1.54, 1.807) is 19.2 Å². The maximum Gasteiger partial charge on any atom is 0.214 e. The number of nitrogens with zero attached hydrogens (tertiary/aromatic N) is 2. The van der Waals surface area contributed by atoms with Gasteiger partial charge in [-0.2, -0.15) is 0 Å². The average Bonchev–Trinajstić information content (AvgIpc) is 2.72. The number of aromatic nitrogens is 1. The van der Waals surface area contributed by atoms with Gasteiger partial charge < -0.3 is 19.7 Å². The van der Waals surface area contributed by atoms with Gasteiger partial charge in [0.1, 0.15) is 12.4 Å². The molecule has 0 aliphatic carbocycles. The Hall–Kier alpha value is -2.70. The second-order valence-electron chi connectivity index (χ2n) is 5.92. The highest BCUT2D eigenvalue weighted by Crippen LogP contribution is 2.28. The molecule has 6 heteroatoms. The van der Waals surface area contributed by atoms with Gasteiger partial charge in [0.15, 0.2) is 0 Å². The molecule has 0 unspecified atom stereocenters. The minimum absolute atomic E-state index is 0.0733. The number of benzene rings is 1. The van der Waals surface area contributed by atoms with E-state index in [9.17, 15) is 10.2 Å². The molecule has 136 valence electrons. The number of hydrogen-bond donors (Lipinski definition) is 2.